The van der Waals surface area contributed by atoms with Crippen molar-refractivity contribution in [3.05, 3.63) is 72.8 Å². The molecular formula is C24H29LiN4O5S2. The fourth-order valence-corrected chi connectivity index (χ4v) is 5.02. The minimum atomic E-state index is -3.83. The van der Waals surface area contributed by atoms with Crippen LogP contribution in [0, 0.1) is 0 Å². The number of benzene rings is 2. The number of aliphatic carboxylic acids is 1. The van der Waals surface area contributed by atoms with Crippen LogP contribution in [0.25, 0.3) is 11.1 Å². The Balaban J connectivity index is 0.00000342. The average Bonchev–Trinajstić information content (AvgIpc) is 3.38. The maximum Gasteiger partial charge on any atom is 1.00 e. The zero-order chi connectivity index (χ0) is 25.3. The number of carboxylic acids is 1. The summed E-state index contributed by atoms with van der Waals surface area (Å²) in [6.45, 7) is 0.858. The second-order valence-electron chi connectivity index (χ2n) is 7.77. The molecule has 0 spiro atoms. The summed E-state index contributed by atoms with van der Waals surface area (Å²) in [6.07, 6.45) is 7.85. The molecular weight excluding hydrogens is 495 g/mol. The Morgan fingerprint density at radius 2 is 1.94 bits per heavy atom. The van der Waals surface area contributed by atoms with Crippen molar-refractivity contribution in [1.82, 2.24) is 19.6 Å². The van der Waals surface area contributed by atoms with Crippen molar-refractivity contribution in [2.75, 3.05) is 18.6 Å². The number of nitrogens with zero attached hydrogens (tertiary/aromatic N) is 2. The van der Waals surface area contributed by atoms with Crippen molar-refractivity contribution < 1.29 is 43.4 Å². The molecule has 3 rings (SSSR count). The third kappa shape index (κ3) is 8.25. The molecule has 188 valence electrons. The second kappa shape index (κ2) is 14.3. The van der Waals surface area contributed by atoms with Gasteiger partial charge in [0.2, 0.25) is 10.0 Å². The van der Waals surface area contributed by atoms with Crippen LogP contribution in [-0.4, -0.2) is 59.5 Å². The number of carbonyl (C=O) groups excluding carboxylic acids is 1. The van der Waals surface area contributed by atoms with Crippen LogP contribution in [0.2, 0.25) is 0 Å². The molecule has 0 radical (unpaired) electrons. The van der Waals surface area contributed by atoms with Crippen molar-refractivity contribution in [3.63, 3.8) is 0 Å². The Labute approximate surface area is 228 Å². The number of aryl methyl sites for hydroxylation is 1. The number of amides is 1. The minimum absolute atomic E-state index is 0. The van der Waals surface area contributed by atoms with Crippen LogP contribution in [0.5, 0.6) is 0 Å². The first-order valence-electron chi connectivity index (χ1n) is 11.0. The van der Waals surface area contributed by atoms with E-state index in [0.29, 0.717) is 29.8 Å². The van der Waals surface area contributed by atoms with Gasteiger partial charge in [0, 0.05) is 31.0 Å². The quantitative estimate of drug-likeness (QED) is 0.212. The van der Waals surface area contributed by atoms with E-state index >= 15 is 0 Å². The molecule has 36 heavy (non-hydrogen) atoms. The number of hydrogen-bond donors (Lipinski definition) is 3. The van der Waals surface area contributed by atoms with Gasteiger partial charge in [0.1, 0.15) is 6.04 Å². The number of carbonyl (C=O) groups is 2. The van der Waals surface area contributed by atoms with Crippen molar-refractivity contribution in [2.24, 2.45) is 0 Å². The van der Waals surface area contributed by atoms with Gasteiger partial charge in [-0.1, -0.05) is 30.3 Å². The van der Waals surface area contributed by atoms with Gasteiger partial charge in [0.05, 0.1) is 11.2 Å². The molecule has 1 atom stereocenters. The molecule has 1 amide bonds. The number of thioether (sulfide) groups is 1. The fraction of sp³-hybridized carbons (Fsp3) is 0.292. The summed E-state index contributed by atoms with van der Waals surface area (Å²) in [6, 6.07) is 12.1. The normalized spacial score (nSPS) is 11.9. The zero-order valence-electron chi connectivity index (χ0n) is 21.3. The molecule has 12 heteroatoms. The molecule has 0 aliphatic rings. The topological polar surface area (TPSA) is 130 Å². The smallest absolute Gasteiger partial charge is 1.00 e. The van der Waals surface area contributed by atoms with Crippen molar-refractivity contribution in [3.8, 4) is 11.1 Å². The van der Waals surface area contributed by atoms with Gasteiger partial charge >= 0.3 is 24.8 Å². The predicted octanol–water partition coefficient (Wildman–Crippen LogP) is -0.0287. The molecule has 1 aromatic heterocycles. The van der Waals surface area contributed by atoms with Crippen molar-refractivity contribution in [1.29, 1.82) is 0 Å². The van der Waals surface area contributed by atoms with Gasteiger partial charge in [-0.2, -0.15) is 11.8 Å². The van der Waals surface area contributed by atoms with Gasteiger partial charge in [-0.05, 0) is 54.2 Å². The first kappa shape index (κ1) is 29.7. The van der Waals surface area contributed by atoms with Gasteiger partial charge in [-0.3, -0.25) is 4.79 Å². The van der Waals surface area contributed by atoms with Crippen molar-refractivity contribution >= 4 is 33.7 Å². The Morgan fingerprint density at radius 3 is 2.58 bits per heavy atom. The predicted molar refractivity (Wildman–Crippen MR) is 137 cm³/mol. The Hall–Kier alpha value is -2.55. The molecule has 0 aliphatic carbocycles. The van der Waals surface area contributed by atoms with Gasteiger partial charge in [-0.15, -0.1) is 0 Å². The first-order chi connectivity index (χ1) is 16.8. The Kier molecular flexibility index (Phi) is 11.7. The molecule has 0 saturated carbocycles. The van der Waals surface area contributed by atoms with Crippen LogP contribution < -0.4 is 28.9 Å². The van der Waals surface area contributed by atoms with Gasteiger partial charge in [-0.25, -0.2) is 22.9 Å². The average molecular weight is 525 g/mol. The summed E-state index contributed by atoms with van der Waals surface area (Å²) in [5.41, 5.74) is 1.25. The van der Waals surface area contributed by atoms with Crippen LogP contribution in [0.4, 0.5) is 0 Å². The van der Waals surface area contributed by atoms with Crippen LogP contribution in [0.3, 0.4) is 0 Å². The summed E-state index contributed by atoms with van der Waals surface area (Å²) in [5.74, 6) is -1.12. The summed E-state index contributed by atoms with van der Waals surface area (Å²) < 4.78 is 30.3. The SMILES string of the molecule is CSCC[C@H](NC(=O)c1ccc(S(=O)(=O)NCCCn2ccnc2)cc1-c1ccccc1)C(=O)O.[H-].[Li+]. The Morgan fingerprint density at radius 1 is 1.19 bits per heavy atom. The molecule has 9 nitrogen and oxygen atoms in total. The summed E-state index contributed by atoms with van der Waals surface area (Å²) in [7, 11) is -3.83. The largest absolute Gasteiger partial charge is 1.00 e. The fourth-order valence-electron chi connectivity index (χ4n) is 3.44. The minimum Gasteiger partial charge on any atom is -1.00 e. The van der Waals surface area contributed by atoms with Gasteiger partial charge in [0.15, 0.2) is 0 Å². The maximum atomic E-state index is 13.0. The standard InChI is InChI=1S/C24H28N4O5S2.Li.H/c1-34-15-10-22(24(30)31)27-23(29)20-9-8-19(16-21(20)18-6-3-2-4-7-18)35(32,33)26-11-5-13-28-14-12-25-17-28;;/h2-4,6-9,12,14,16-17,22,26H,5,10-11,13,15H2,1H3,(H,27,29)(H,30,31);;/q;+1;-1/t22-;;/m0../s1. The molecule has 0 fully saturated rings. The third-order valence-corrected chi connectivity index (χ3v) is 7.39. The molecule has 0 aliphatic heterocycles. The van der Waals surface area contributed by atoms with E-state index in [-0.39, 0.29) is 43.7 Å². The first-order valence-corrected chi connectivity index (χ1v) is 13.9. The number of rotatable bonds is 13. The van der Waals surface area contributed by atoms with E-state index in [4.69, 9.17) is 0 Å². The number of aromatic nitrogens is 2. The molecule has 2 aromatic carbocycles. The zero-order valence-corrected chi connectivity index (χ0v) is 21.9. The monoisotopic (exact) mass is 524 g/mol. The molecule has 3 N–H and O–H groups in total. The number of carboxylic acid groups (broad SMARTS) is 1. The summed E-state index contributed by atoms with van der Waals surface area (Å²) in [5, 5.41) is 12.0. The van der Waals surface area contributed by atoms with E-state index in [1.807, 2.05) is 16.9 Å². The van der Waals surface area contributed by atoms with E-state index in [1.54, 1.807) is 43.0 Å². The number of hydrogen-bond acceptors (Lipinski definition) is 6. The van der Waals surface area contributed by atoms with E-state index in [9.17, 15) is 23.1 Å². The molecule has 0 saturated heterocycles. The van der Waals surface area contributed by atoms with Crippen LogP contribution >= 0.6 is 11.8 Å². The van der Waals surface area contributed by atoms with Gasteiger partial charge < -0.3 is 16.4 Å². The number of imidazole rings is 1. The Bertz CT molecular complexity index is 1250. The molecule has 0 bridgehead atoms. The maximum absolute atomic E-state index is 13.0. The molecule has 1 heterocycles. The van der Waals surface area contributed by atoms with E-state index in [2.05, 4.69) is 15.0 Å². The molecule has 0 unspecified atom stereocenters. The van der Waals surface area contributed by atoms with Crippen LogP contribution in [0.1, 0.15) is 24.6 Å². The van der Waals surface area contributed by atoms with E-state index in [1.165, 1.54) is 30.0 Å². The van der Waals surface area contributed by atoms with Gasteiger partial charge in [0.25, 0.3) is 5.91 Å². The number of sulfonamides is 1. The molecule has 3 aromatic rings. The second-order valence-corrected chi connectivity index (χ2v) is 10.5. The van der Waals surface area contributed by atoms with Crippen molar-refractivity contribution in [2.45, 2.75) is 30.3 Å². The summed E-state index contributed by atoms with van der Waals surface area (Å²) >= 11 is 1.49. The van der Waals surface area contributed by atoms with E-state index < -0.39 is 27.9 Å². The summed E-state index contributed by atoms with van der Waals surface area (Å²) in [4.78, 5) is 28.6. The van der Waals surface area contributed by atoms with E-state index in [0.717, 1.165) is 0 Å². The third-order valence-electron chi connectivity index (χ3n) is 5.29. The number of nitrogens with one attached hydrogen (secondary N) is 2. The van der Waals surface area contributed by atoms with Crippen LogP contribution in [0.15, 0.2) is 72.1 Å². The van der Waals surface area contributed by atoms with Crippen LogP contribution in [-0.2, 0) is 21.4 Å².